The molecule has 0 aromatic heterocycles. The lowest BCUT2D eigenvalue weighted by atomic mass is 9.92. The van der Waals surface area contributed by atoms with Crippen molar-refractivity contribution in [2.24, 2.45) is 16.8 Å². The highest BCUT2D eigenvalue weighted by atomic mass is 16.6. The van der Waals surface area contributed by atoms with Crippen LogP contribution in [-0.2, 0) is 4.74 Å². The van der Waals surface area contributed by atoms with E-state index in [1.807, 2.05) is 0 Å². The van der Waals surface area contributed by atoms with Crippen LogP contribution < -0.4 is 0 Å². The fourth-order valence-corrected chi connectivity index (χ4v) is 1.48. The first-order chi connectivity index (χ1) is 5.52. The topological polar surface area (TPSA) is 41.8 Å². The molecular formula is C9H17NO2. The van der Waals surface area contributed by atoms with Crippen molar-refractivity contribution in [1.29, 1.82) is 0 Å². The third-order valence-electron chi connectivity index (χ3n) is 2.18. The van der Waals surface area contributed by atoms with Gasteiger partial charge in [-0.15, -0.1) is 0 Å². The molecule has 0 amide bonds. The molecule has 2 atom stereocenters. The van der Waals surface area contributed by atoms with Crippen LogP contribution in [0.2, 0.25) is 0 Å². The standard InChI is InChI=1S/C9H17NO2/c1-5(2)7-8(6(3)4)12-9(11)10-7/h5-8H,1-4H3,(H,10,11). The lowest BCUT2D eigenvalue weighted by Gasteiger charge is -2.22. The Hall–Kier alpha value is -0.730. The third-order valence-corrected chi connectivity index (χ3v) is 2.18. The molecule has 0 radical (unpaired) electrons. The molecule has 12 heavy (non-hydrogen) atoms. The van der Waals surface area contributed by atoms with Crippen molar-refractivity contribution in [1.82, 2.24) is 0 Å². The Bertz CT molecular complexity index is 187. The monoisotopic (exact) mass is 171 g/mol. The number of aliphatic hydroxyl groups excluding tert-OH is 1. The van der Waals surface area contributed by atoms with Crippen molar-refractivity contribution in [3.05, 3.63) is 0 Å². The number of ether oxygens (including phenoxy) is 1. The van der Waals surface area contributed by atoms with E-state index in [-0.39, 0.29) is 18.2 Å². The molecule has 2 unspecified atom stereocenters. The van der Waals surface area contributed by atoms with E-state index in [1.165, 1.54) is 0 Å². The van der Waals surface area contributed by atoms with Crippen molar-refractivity contribution >= 4 is 6.08 Å². The van der Waals surface area contributed by atoms with Crippen molar-refractivity contribution < 1.29 is 9.84 Å². The second kappa shape index (κ2) is 3.33. The summed E-state index contributed by atoms with van der Waals surface area (Å²) in [4.78, 5) is 4.04. The Morgan fingerprint density at radius 3 is 2.17 bits per heavy atom. The fraction of sp³-hybridized carbons (Fsp3) is 0.889. The van der Waals surface area contributed by atoms with Gasteiger partial charge >= 0.3 is 6.08 Å². The molecule has 1 heterocycles. The van der Waals surface area contributed by atoms with Gasteiger partial charge in [0.1, 0.15) is 6.10 Å². The molecule has 0 aliphatic carbocycles. The second-order valence-corrected chi connectivity index (χ2v) is 3.97. The summed E-state index contributed by atoms with van der Waals surface area (Å²) in [5.74, 6) is 0.813. The summed E-state index contributed by atoms with van der Waals surface area (Å²) in [6.07, 6.45) is -0.0996. The molecule has 1 N–H and O–H groups in total. The van der Waals surface area contributed by atoms with Gasteiger partial charge in [-0.3, -0.25) is 0 Å². The van der Waals surface area contributed by atoms with Crippen LogP contribution in [0.5, 0.6) is 0 Å². The maximum Gasteiger partial charge on any atom is 0.381 e. The first-order valence-electron chi connectivity index (χ1n) is 4.45. The predicted molar refractivity (Wildman–Crippen MR) is 48.4 cm³/mol. The molecule has 0 saturated carbocycles. The highest BCUT2D eigenvalue weighted by Gasteiger charge is 2.35. The Kier molecular flexibility index (Phi) is 2.60. The first kappa shape index (κ1) is 9.36. The smallest absolute Gasteiger partial charge is 0.381 e. The van der Waals surface area contributed by atoms with Crippen LogP contribution in [0, 0.1) is 11.8 Å². The van der Waals surface area contributed by atoms with Crippen LogP contribution in [0.15, 0.2) is 4.99 Å². The Balaban J connectivity index is 2.68. The normalized spacial score (nSPS) is 29.3. The summed E-state index contributed by atoms with van der Waals surface area (Å²) in [7, 11) is 0. The van der Waals surface area contributed by atoms with Gasteiger partial charge in [0, 0.05) is 0 Å². The zero-order valence-corrected chi connectivity index (χ0v) is 8.11. The zero-order chi connectivity index (χ0) is 9.30. The molecule has 1 rings (SSSR count). The van der Waals surface area contributed by atoms with Crippen LogP contribution in [0.3, 0.4) is 0 Å². The van der Waals surface area contributed by atoms with Crippen LogP contribution in [0.1, 0.15) is 27.7 Å². The maximum absolute atomic E-state index is 9.10. The SMILES string of the molecule is CC(C)C1N=C(O)OC1C(C)C. The van der Waals surface area contributed by atoms with E-state index in [1.54, 1.807) is 0 Å². The molecule has 0 saturated heterocycles. The Morgan fingerprint density at radius 2 is 1.83 bits per heavy atom. The summed E-state index contributed by atoms with van der Waals surface area (Å²) in [5, 5.41) is 9.10. The fourth-order valence-electron chi connectivity index (χ4n) is 1.48. The van der Waals surface area contributed by atoms with Gasteiger partial charge in [0.15, 0.2) is 0 Å². The molecule has 0 aromatic rings. The minimum Gasteiger partial charge on any atom is -0.466 e. The molecule has 0 aromatic carbocycles. The van der Waals surface area contributed by atoms with Gasteiger partial charge in [-0.1, -0.05) is 27.7 Å². The largest absolute Gasteiger partial charge is 0.466 e. The summed E-state index contributed by atoms with van der Waals surface area (Å²) in [6.45, 7) is 8.33. The van der Waals surface area contributed by atoms with Crippen molar-refractivity contribution in [2.75, 3.05) is 0 Å². The summed E-state index contributed by atoms with van der Waals surface area (Å²) in [6, 6.07) is 0.116. The molecule has 1 aliphatic rings. The van der Waals surface area contributed by atoms with Crippen molar-refractivity contribution in [3.63, 3.8) is 0 Å². The first-order valence-corrected chi connectivity index (χ1v) is 4.45. The second-order valence-electron chi connectivity index (χ2n) is 3.97. The van der Waals surface area contributed by atoms with Crippen LogP contribution in [-0.4, -0.2) is 23.3 Å². The lowest BCUT2D eigenvalue weighted by molar-refractivity contribution is 0.101. The van der Waals surface area contributed by atoms with E-state index in [0.29, 0.717) is 11.8 Å². The summed E-state index contributed by atoms with van der Waals surface area (Å²) >= 11 is 0. The molecular weight excluding hydrogens is 154 g/mol. The molecule has 0 bridgehead atoms. The average molecular weight is 171 g/mol. The van der Waals surface area contributed by atoms with E-state index >= 15 is 0 Å². The zero-order valence-electron chi connectivity index (χ0n) is 8.11. The van der Waals surface area contributed by atoms with Gasteiger partial charge in [0.05, 0.1) is 6.04 Å². The van der Waals surface area contributed by atoms with Crippen molar-refractivity contribution in [3.8, 4) is 0 Å². The Morgan fingerprint density at radius 1 is 1.25 bits per heavy atom. The predicted octanol–water partition coefficient (Wildman–Crippen LogP) is 1.98. The van der Waals surface area contributed by atoms with Gasteiger partial charge < -0.3 is 9.84 Å². The van der Waals surface area contributed by atoms with E-state index in [9.17, 15) is 0 Å². The van der Waals surface area contributed by atoms with Gasteiger partial charge in [-0.25, -0.2) is 4.99 Å². The molecule has 0 fully saturated rings. The lowest BCUT2D eigenvalue weighted by Crippen LogP contribution is -2.31. The number of hydrogen-bond donors (Lipinski definition) is 1. The number of aliphatic hydroxyl groups is 1. The van der Waals surface area contributed by atoms with E-state index in [4.69, 9.17) is 9.84 Å². The highest BCUT2D eigenvalue weighted by Crippen LogP contribution is 2.25. The highest BCUT2D eigenvalue weighted by molar-refractivity contribution is 5.66. The average Bonchev–Trinajstić information content (AvgIpc) is 2.31. The minimum absolute atomic E-state index is 0.0463. The van der Waals surface area contributed by atoms with E-state index in [2.05, 4.69) is 32.7 Å². The van der Waals surface area contributed by atoms with Gasteiger partial charge in [0.25, 0.3) is 0 Å². The number of nitrogens with zero attached hydrogens (tertiary/aromatic N) is 1. The maximum atomic E-state index is 9.10. The number of hydrogen-bond acceptors (Lipinski definition) is 2. The van der Waals surface area contributed by atoms with Gasteiger partial charge in [0.2, 0.25) is 0 Å². The molecule has 3 nitrogen and oxygen atoms in total. The van der Waals surface area contributed by atoms with Crippen LogP contribution >= 0.6 is 0 Å². The van der Waals surface area contributed by atoms with Crippen LogP contribution in [0.4, 0.5) is 0 Å². The van der Waals surface area contributed by atoms with Crippen molar-refractivity contribution in [2.45, 2.75) is 39.8 Å². The molecule has 0 spiro atoms. The van der Waals surface area contributed by atoms with E-state index in [0.717, 1.165) is 0 Å². The van der Waals surface area contributed by atoms with Gasteiger partial charge in [-0.2, -0.15) is 0 Å². The third kappa shape index (κ3) is 1.71. The van der Waals surface area contributed by atoms with Crippen LogP contribution in [0.25, 0.3) is 0 Å². The minimum atomic E-state index is -0.146. The number of rotatable bonds is 2. The van der Waals surface area contributed by atoms with E-state index < -0.39 is 0 Å². The summed E-state index contributed by atoms with van der Waals surface area (Å²) < 4.78 is 5.20. The summed E-state index contributed by atoms with van der Waals surface area (Å²) in [5.41, 5.74) is 0. The molecule has 3 heteroatoms. The molecule has 1 aliphatic heterocycles. The Labute approximate surface area is 73.5 Å². The molecule has 70 valence electrons. The quantitative estimate of drug-likeness (QED) is 0.690. The number of aliphatic imine (C=N–C) groups is 1. The van der Waals surface area contributed by atoms with Gasteiger partial charge in [-0.05, 0) is 11.8 Å².